The Morgan fingerprint density at radius 2 is 1.60 bits per heavy atom. The van der Waals surface area contributed by atoms with Gasteiger partial charge in [0.2, 0.25) is 0 Å². The van der Waals surface area contributed by atoms with Crippen LogP contribution in [0.1, 0.15) is 13.8 Å². The van der Waals surface area contributed by atoms with Crippen LogP contribution < -0.4 is 15.2 Å². The fourth-order valence-corrected chi connectivity index (χ4v) is 2.73. The molecule has 106 valence electrons. The van der Waals surface area contributed by atoms with E-state index in [0.717, 1.165) is 15.5 Å². The number of hydrogen-bond acceptors (Lipinski definition) is 4. The van der Waals surface area contributed by atoms with Crippen LogP contribution in [0.5, 0.6) is 11.5 Å². The van der Waals surface area contributed by atoms with E-state index in [9.17, 15) is 0 Å². The average molecular weight is 289 g/mol. The van der Waals surface area contributed by atoms with Crippen molar-refractivity contribution in [3.05, 3.63) is 42.5 Å². The van der Waals surface area contributed by atoms with E-state index in [0.29, 0.717) is 24.7 Å². The molecule has 2 aromatic carbocycles. The van der Waals surface area contributed by atoms with Gasteiger partial charge < -0.3 is 15.2 Å². The Balaban J connectivity index is 2.34. The zero-order valence-corrected chi connectivity index (χ0v) is 12.6. The summed E-state index contributed by atoms with van der Waals surface area (Å²) in [5.41, 5.74) is 6.59. The molecule has 2 rings (SSSR count). The van der Waals surface area contributed by atoms with Gasteiger partial charge in [0.1, 0.15) is 11.5 Å². The summed E-state index contributed by atoms with van der Waals surface area (Å²) in [4.78, 5) is 2.16. The van der Waals surface area contributed by atoms with Gasteiger partial charge in [-0.2, -0.15) is 0 Å². The van der Waals surface area contributed by atoms with Gasteiger partial charge in [0, 0.05) is 11.0 Å². The van der Waals surface area contributed by atoms with E-state index in [2.05, 4.69) is 12.1 Å². The van der Waals surface area contributed by atoms with Crippen LogP contribution in [0.2, 0.25) is 0 Å². The Bertz CT molecular complexity index is 558. The summed E-state index contributed by atoms with van der Waals surface area (Å²) in [6.45, 7) is 5.10. The highest BCUT2D eigenvalue weighted by molar-refractivity contribution is 7.99. The van der Waals surface area contributed by atoms with Crippen molar-refractivity contribution in [1.82, 2.24) is 0 Å². The van der Waals surface area contributed by atoms with Gasteiger partial charge in [0.05, 0.1) is 23.8 Å². The van der Waals surface area contributed by atoms with Gasteiger partial charge in [-0.05, 0) is 32.0 Å². The molecular weight excluding hydrogens is 270 g/mol. The van der Waals surface area contributed by atoms with Crippen molar-refractivity contribution >= 4 is 17.4 Å². The number of hydrogen-bond donors (Lipinski definition) is 1. The maximum Gasteiger partial charge on any atom is 0.143 e. The third-order valence-electron chi connectivity index (χ3n) is 2.65. The maximum atomic E-state index is 5.99. The zero-order valence-electron chi connectivity index (χ0n) is 11.8. The molecule has 2 aromatic rings. The highest BCUT2D eigenvalue weighted by Crippen LogP contribution is 2.40. The Morgan fingerprint density at radius 1 is 0.950 bits per heavy atom. The van der Waals surface area contributed by atoms with Crippen molar-refractivity contribution in [2.24, 2.45) is 0 Å². The average Bonchev–Trinajstić information content (AvgIpc) is 2.45. The predicted molar refractivity (Wildman–Crippen MR) is 83.8 cm³/mol. The number of ether oxygens (including phenoxy) is 2. The van der Waals surface area contributed by atoms with E-state index in [1.807, 2.05) is 44.2 Å². The minimum Gasteiger partial charge on any atom is -0.493 e. The van der Waals surface area contributed by atoms with Crippen molar-refractivity contribution in [2.45, 2.75) is 23.6 Å². The third-order valence-corrected chi connectivity index (χ3v) is 3.69. The summed E-state index contributed by atoms with van der Waals surface area (Å²) >= 11 is 1.64. The van der Waals surface area contributed by atoms with Crippen LogP contribution in [0.4, 0.5) is 5.69 Å². The maximum absolute atomic E-state index is 5.99. The molecule has 20 heavy (non-hydrogen) atoms. The molecule has 0 aliphatic heterocycles. The largest absolute Gasteiger partial charge is 0.493 e. The van der Waals surface area contributed by atoms with E-state index in [1.54, 1.807) is 11.8 Å². The normalized spacial score (nSPS) is 10.3. The number of rotatable bonds is 6. The molecule has 0 amide bonds. The van der Waals surface area contributed by atoms with E-state index >= 15 is 0 Å². The molecule has 0 aliphatic carbocycles. The van der Waals surface area contributed by atoms with Crippen LogP contribution in [0.25, 0.3) is 0 Å². The molecular formula is C16H19NO2S. The predicted octanol–water partition coefficient (Wildman–Crippen LogP) is 4.22. The van der Waals surface area contributed by atoms with Crippen LogP contribution >= 0.6 is 11.8 Å². The lowest BCUT2D eigenvalue weighted by Gasteiger charge is -2.14. The van der Waals surface area contributed by atoms with Gasteiger partial charge in [0.15, 0.2) is 0 Å². The molecule has 4 heteroatoms. The lowest BCUT2D eigenvalue weighted by molar-refractivity contribution is 0.325. The molecule has 0 spiro atoms. The summed E-state index contributed by atoms with van der Waals surface area (Å²) in [7, 11) is 0. The second-order valence-corrected chi connectivity index (χ2v) is 5.23. The van der Waals surface area contributed by atoms with Gasteiger partial charge >= 0.3 is 0 Å². The Kier molecular flexibility index (Phi) is 5.18. The van der Waals surface area contributed by atoms with Crippen LogP contribution in [-0.2, 0) is 0 Å². The summed E-state index contributed by atoms with van der Waals surface area (Å²) in [5, 5.41) is 0. The first-order valence-electron chi connectivity index (χ1n) is 6.66. The molecule has 3 nitrogen and oxygen atoms in total. The third kappa shape index (κ3) is 3.61. The molecule has 0 fully saturated rings. The van der Waals surface area contributed by atoms with Crippen molar-refractivity contribution in [3.63, 3.8) is 0 Å². The smallest absolute Gasteiger partial charge is 0.143 e. The Labute approximate surface area is 124 Å². The first-order chi connectivity index (χ1) is 9.74. The molecule has 2 N–H and O–H groups in total. The number of nitrogen functional groups attached to an aromatic ring is 1. The number of benzene rings is 2. The molecule has 0 bridgehead atoms. The topological polar surface area (TPSA) is 44.5 Å². The molecule has 0 atom stereocenters. The van der Waals surface area contributed by atoms with Crippen molar-refractivity contribution in [2.75, 3.05) is 18.9 Å². The Hall–Kier alpha value is -1.81. The summed E-state index contributed by atoms with van der Waals surface area (Å²) < 4.78 is 11.2. The molecule has 0 unspecified atom stereocenters. The SMILES string of the molecule is CCOc1cc(Sc2ccccc2)c(OCC)cc1N. The quantitative estimate of drug-likeness (QED) is 0.809. The second-order valence-electron chi connectivity index (χ2n) is 4.12. The fraction of sp³-hybridized carbons (Fsp3) is 0.250. The van der Waals surface area contributed by atoms with Gasteiger partial charge in [-0.3, -0.25) is 0 Å². The lowest BCUT2D eigenvalue weighted by atomic mass is 10.3. The highest BCUT2D eigenvalue weighted by atomic mass is 32.2. The van der Waals surface area contributed by atoms with Gasteiger partial charge in [-0.15, -0.1) is 0 Å². The zero-order chi connectivity index (χ0) is 14.4. The van der Waals surface area contributed by atoms with E-state index in [4.69, 9.17) is 15.2 Å². The van der Waals surface area contributed by atoms with Gasteiger partial charge in [0.25, 0.3) is 0 Å². The minimum atomic E-state index is 0.591. The van der Waals surface area contributed by atoms with Gasteiger partial charge in [-0.1, -0.05) is 30.0 Å². The summed E-state index contributed by atoms with van der Waals surface area (Å²) in [6.07, 6.45) is 0. The monoisotopic (exact) mass is 289 g/mol. The first-order valence-corrected chi connectivity index (χ1v) is 7.48. The van der Waals surface area contributed by atoms with Crippen LogP contribution in [0.15, 0.2) is 52.3 Å². The number of anilines is 1. The summed E-state index contributed by atoms with van der Waals surface area (Å²) in [6, 6.07) is 13.9. The lowest BCUT2D eigenvalue weighted by Crippen LogP contribution is -2.00. The minimum absolute atomic E-state index is 0.591. The van der Waals surface area contributed by atoms with Gasteiger partial charge in [-0.25, -0.2) is 0 Å². The fourth-order valence-electron chi connectivity index (χ4n) is 1.80. The Morgan fingerprint density at radius 3 is 2.25 bits per heavy atom. The van der Waals surface area contributed by atoms with Crippen LogP contribution in [0, 0.1) is 0 Å². The molecule has 0 heterocycles. The highest BCUT2D eigenvalue weighted by Gasteiger charge is 2.11. The summed E-state index contributed by atoms with van der Waals surface area (Å²) in [5.74, 6) is 1.50. The van der Waals surface area contributed by atoms with Crippen molar-refractivity contribution in [1.29, 1.82) is 0 Å². The standard InChI is InChI=1S/C16H19NO2S/c1-3-18-14-11-16(15(19-4-2)10-13(14)17)20-12-8-6-5-7-9-12/h5-11H,3-4,17H2,1-2H3. The van der Waals surface area contributed by atoms with Crippen LogP contribution in [0.3, 0.4) is 0 Å². The van der Waals surface area contributed by atoms with Crippen molar-refractivity contribution < 1.29 is 9.47 Å². The van der Waals surface area contributed by atoms with E-state index in [-0.39, 0.29) is 0 Å². The molecule has 0 saturated heterocycles. The number of nitrogens with two attached hydrogens (primary N) is 1. The van der Waals surface area contributed by atoms with E-state index in [1.165, 1.54) is 0 Å². The molecule has 0 aliphatic rings. The first kappa shape index (κ1) is 14.6. The molecule has 0 aromatic heterocycles. The van der Waals surface area contributed by atoms with E-state index < -0.39 is 0 Å². The molecule has 0 radical (unpaired) electrons. The van der Waals surface area contributed by atoms with Crippen molar-refractivity contribution in [3.8, 4) is 11.5 Å². The molecule has 0 saturated carbocycles. The second kappa shape index (κ2) is 7.10. The van der Waals surface area contributed by atoms with Crippen LogP contribution in [-0.4, -0.2) is 13.2 Å².